The fourth-order valence-electron chi connectivity index (χ4n) is 1.74. The Kier molecular flexibility index (Phi) is 4.40. The molecule has 0 aromatic heterocycles. The highest BCUT2D eigenvalue weighted by atomic mass is 16.5. The van der Waals surface area contributed by atoms with Gasteiger partial charge < -0.3 is 4.74 Å². The maximum atomic E-state index is 5.90. The van der Waals surface area contributed by atoms with Gasteiger partial charge in [0.15, 0.2) is 0 Å². The van der Waals surface area contributed by atoms with Crippen LogP contribution in [0.4, 0.5) is 0 Å². The van der Waals surface area contributed by atoms with Crippen LogP contribution < -0.4 is 4.74 Å². The van der Waals surface area contributed by atoms with E-state index in [9.17, 15) is 0 Å². The highest BCUT2D eigenvalue weighted by Crippen LogP contribution is 2.30. The molecule has 1 heteroatoms. The summed E-state index contributed by atoms with van der Waals surface area (Å²) in [6.07, 6.45) is 0.236. The zero-order valence-corrected chi connectivity index (χ0v) is 11.4. The van der Waals surface area contributed by atoms with Crippen LogP contribution in [0.5, 0.6) is 5.75 Å². The second-order valence-electron chi connectivity index (χ2n) is 5.27. The van der Waals surface area contributed by atoms with Crippen LogP contribution in [0, 0.1) is 0 Å². The lowest BCUT2D eigenvalue weighted by molar-refractivity contribution is 0.239. The Morgan fingerprint density at radius 2 is 1.50 bits per heavy atom. The number of ether oxygens (including phenoxy) is 1. The van der Waals surface area contributed by atoms with Gasteiger partial charge in [0.2, 0.25) is 0 Å². The van der Waals surface area contributed by atoms with Crippen molar-refractivity contribution in [2.75, 3.05) is 0 Å². The second kappa shape index (κ2) is 5.38. The van der Waals surface area contributed by atoms with Crippen molar-refractivity contribution < 1.29 is 4.74 Å². The summed E-state index contributed by atoms with van der Waals surface area (Å²) in [6, 6.07) is 6.62. The molecule has 0 unspecified atom stereocenters. The molecule has 1 rings (SSSR count). The van der Waals surface area contributed by atoms with Gasteiger partial charge in [0.25, 0.3) is 0 Å². The van der Waals surface area contributed by atoms with Crippen molar-refractivity contribution in [2.24, 2.45) is 0 Å². The number of hydrogen-bond donors (Lipinski definition) is 0. The van der Waals surface area contributed by atoms with Crippen LogP contribution in [0.25, 0.3) is 0 Å². The molecule has 0 N–H and O–H groups in total. The summed E-state index contributed by atoms with van der Waals surface area (Å²) >= 11 is 0. The van der Waals surface area contributed by atoms with Crippen molar-refractivity contribution in [1.29, 1.82) is 0 Å². The Labute approximate surface area is 99.8 Å². The summed E-state index contributed by atoms with van der Waals surface area (Å²) in [6.45, 7) is 13.0. The van der Waals surface area contributed by atoms with Crippen molar-refractivity contribution in [3.05, 3.63) is 29.3 Å². The van der Waals surface area contributed by atoms with E-state index in [0.717, 1.165) is 5.75 Å². The second-order valence-corrected chi connectivity index (χ2v) is 5.27. The average Bonchev–Trinajstić information content (AvgIpc) is 2.15. The minimum absolute atomic E-state index is 0.236. The minimum Gasteiger partial charge on any atom is -0.491 e. The number of benzene rings is 1. The molecule has 0 fully saturated rings. The van der Waals surface area contributed by atoms with Gasteiger partial charge in [-0.25, -0.2) is 0 Å². The van der Waals surface area contributed by atoms with Crippen molar-refractivity contribution in [3.8, 4) is 5.75 Å². The third-order valence-electron chi connectivity index (χ3n) is 2.69. The lowest BCUT2D eigenvalue weighted by atomic mass is 9.96. The van der Waals surface area contributed by atoms with Gasteiger partial charge in [0, 0.05) is 0 Å². The van der Waals surface area contributed by atoms with Crippen LogP contribution in [-0.2, 0) is 0 Å². The summed E-state index contributed by atoms with van der Waals surface area (Å²) in [5.41, 5.74) is 2.65. The molecule has 1 nitrogen and oxygen atoms in total. The van der Waals surface area contributed by atoms with E-state index in [2.05, 4.69) is 59.7 Å². The van der Waals surface area contributed by atoms with Crippen LogP contribution in [0.3, 0.4) is 0 Å². The first kappa shape index (κ1) is 13.1. The van der Waals surface area contributed by atoms with E-state index in [-0.39, 0.29) is 6.10 Å². The predicted octanol–water partition coefficient (Wildman–Crippen LogP) is 4.72. The summed E-state index contributed by atoms with van der Waals surface area (Å²) in [4.78, 5) is 0. The molecule has 0 spiro atoms. The van der Waals surface area contributed by atoms with Crippen molar-refractivity contribution >= 4 is 0 Å². The lowest BCUT2D eigenvalue weighted by Gasteiger charge is -2.18. The van der Waals surface area contributed by atoms with Gasteiger partial charge in [-0.15, -0.1) is 0 Å². The fraction of sp³-hybridized carbons (Fsp3) is 0.600. The minimum atomic E-state index is 0.236. The molecule has 0 saturated heterocycles. The molecule has 0 atom stereocenters. The van der Waals surface area contributed by atoms with Gasteiger partial charge in [0.05, 0.1) is 6.10 Å². The molecule has 0 aliphatic rings. The van der Waals surface area contributed by atoms with Crippen LogP contribution in [-0.4, -0.2) is 6.10 Å². The third-order valence-corrected chi connectivity index (χ3v) is 2.69. The van der Waals surface area contributed by atoms with Crippen LogP contribution in [0.1, 0.15) is 64.5 Å². The summed E-state index contributed by atoms with van der Waals surface area (Å²) in [5, 5.41) is 0. The standard InChI is InChI=1S/C15H24O/c1-10(2)13-7-8-14(11(3)4)15(9-13)16-12(5)6/h7-12H,1-6H3. The zero-order valence-electron chi connectivity index (χ0n) is 11.4. The highest BCUT2D eigenvalue weighted by Gasteiger charge is 2.11. The number of hydrogen-bond acceptors (Lipinski definition) is 1. The molecule has 1 aromatic carbocycles. The Hall–Kier alpha value is -0.980. The molecule has 0 aliphatic carbocycles. The molecule has 0 radical (unpaired) electrons. The first-order valence-corrected chi connectivity index (χ1v) is 6.22. The van der Waals surface area contributed by atoms with Crippen molar-refractivity contribution in [1.82, 2.24) is 0 Å². The fourth-order valence-corrected chi connectivity index (χ4v) is 1.74. The van der Waals surface area contributed by atoms with Gasteiger partial charge >= 0.3 is 0 Å². The smallest absolute Gasteiger partial charge is 0.123 e. The van der Waals surface area contributed by atoms with E-state index in [1.165, 1.54) is 11.1 Å². The summed E-state index contributed by atoms with van der Waals surface area (Å²) < 4.78 is 5.90. The van der Waals surface area contributed by atoms with Gasteiger partial charge in [0.1, 0.15) is 5.75 Å². The summed E-state index contributed by atoms with van der Waals surface area (Å²) in [5.74, 6) is 2.11. The maximum absolute atomic E-state index is 5.90. The van der Waals surface area contributed by atoms with E-state index >= 15 is 0 Å². The molecule has 1 aromatic rings. The molecule has 0 heterocycles. The van der Waals surface area contributed by atoms with E-state index in [4.69, 9.17) is 4.74 Å². The number of rotatable bonds is 4. The van der Waals surface area contributed by atoms with Gasteiger partial charge in [-0.1, -0.05) is 39.8 Å². The summed E-state index contributed by atoms with van der Waals surface area (Å²) in [7, 11) is 0. The molecule has 0 amide bonds. The van der Waals surface area contributed by atoms with E-state index in [1.54, 1.807) is 0 Å². The Balaban J connectivity index is 3.10. The van der Waals surface area contributed by atoms with Gasteiger partial charge in [-0.2, -0.15) is 0 Å². The normalized spacial score (nSPS) is 11.6. The first-order chi connectivity index (χ1) is 7.41. The SMILES string of the molecule is CC(C)Oc1cc(C(C)C)ccc1C(C)C. The van der Waals surface area contributed by atoms with E-state index in [1.807, 2.05) is 0 Å². The van der Waals surface area contributed by atoms with Crippen LogP contribution in [0.15, 0.2) is 18.2 Å². The zero-order chi connectivity index (χ0) is 12.3. The third kappa shape index (κ3) is 3.26. The average molecular weight is 220 g/mol. The molecule has 0 saturated carbocycles. The van der Waals surface area contributed by atoms with E-state index in [0.29, 0.717) is 11.8 Å². The Bertz CT molecular complexity index is 337. The maximum Gasteiger partial charge on any atom is 0.123 e. The van der Waals surface area contributed by atoms with Gasteiger partial charge in [-0.3, -0.25) is 0 Å². The Morgan fingerprint density at radius 1 is 0.875 bits per heavy atom. The molecule has 16 heavy (non-hydrogen) atoms. The predicted molar refractivity (Wildman–Crippen MR) is 70.4 cm³/mol. The monoisotopic (exact) mass is 220 g/mol. The molecule has 90 valence electrons. The molecule has 0 aliphatic heterocycles. The molecular weight excluding hydrogens is 196 g/mol. The first-order valence-electron chi connectivity index (χ1n) is 6.22. The molecular formula is C15H24O. The quantitative estimate of drug-likeness (QED) is 0.713. The topological polar surface area (TPSA) is 9.23 Å². The van der Waals surface area contributed by atoms with Crippen LogP contribution >= 0.6 is 0 Å². The van der Waals surface area contributed by atoms with Gasteiger partial charge in [-0.05, 0) is 42.9 Å². The largest absolute Gasteiger partial charge is 0.491 e. The lowest BCUT2D eigenvalue weighted by Crippen LogP contribution is -2.08. The van der Waals surface area contributed by atoms with Crippen molar-refractivity contribution in [2.45, 2.75) is 59.5 Å². The molecule has 0 bridgehead atoms. The Morgan fingerprint density at radius 3 is 1.94 bits per heavy atom. The van der Waals surface area contributed by atoms with Crippen molar-refractivity contribution in [3.63, 3.8) is 0 Å². The van der Waals surface area contributed by atoms with Crippen LogP contribution in [0.2, 0.25) is 0 Å². The highest BCUT2D eigenvalue weighted by molar-refractivity contribution is 5.40. The van der Waals surface area contributed by atoms with E-state index < -0.39 is 0 Å².